The van der Waals surface area contributed by atoms with Crippen molar-refractivity contribution >= 4 is 23.2 Å². The molecule has 1 aliphatic heterocycles. The summed E-state index contributed by atoms with van der Waals surface area (Å²) in [5.41, 5.74) is 3.81. The van der Waals surface area contributed by atoms with E-state index in [1.54, 1.807) is 29.8 Å². The maximum absolute atomic E-state index is 12.9. The minimum Gasteiger partial charge on any atom is -0.490 e. The molecule has 0 saturated carbocycles. The molecule has 0 spiro atoms. The topological polar surface area (TPSA) is 65.4 Å². The van der Waals surface area contributed by atoms with Gasteiger partial charge in [-0.1, -0.05) is 41.4 Å². The second kappa shape index (κ2) is 8.17. The first-order valence-electron chi connectivity index (χ1n) is 9.51. The van der Waals surface area contributed by atoms with Crippen molar-refractivity contribution in [1.82, 2.24) is 9.78 Å². The first kappa shape index (κ1) is 19.3. The first-order chi connectivity index (χ1) is 14.0. The molecule has 1 amide bonds. The van der Waals surface area contributed by atoms with Crippen LogP contribution in [0.4, 0.5) is 5.69 Å². The van der Waals surface area contributed by atoms with Crippen LogP contribution < -0.4 is 14.8 Å². The third-order valence-corrected chi connectivity index (χ3v) is 5.13. The Balaban J connectivity index is 1.54. The van der Waals surface area contributed by atoms with E-state index < -0.39 is 0 Å². The molecule has 29 heavy (non-hydrogen) atoms. The van der Waals surface area contributed by atoms with Gasteiger partial charge in [0.25, 0.3) is 5.91 Å². The Hall–Kier alpha value is -2.99. The molecule has 0 saturated heterocycles. The van der Waals surface area contributed by atoms with Crippen LogP contribution in [0.15, 0.2) is 42.5 Å². The molecule has 0 bridgehead atoms. The molecule has 2 aromatic carbocycles. The number of halogens is 1. The van der Waals surface area contributed by atoms with Gasteiger partial charge in [0.2, 0.25) is 0 Å². The van der Waals surface area contributed by atoms with Crippen LogP contribution in [0.2, 0.25) is 5.15 Å². The molecule has 0 unspecified atom stereocenters. The Bertz CT molecular complexity index is 1040. The smallest absolute Gasteiger partial charge is 0.260 e. The molecule has 150 valence electrons. The highest BCUT2D eigenvalue weighted by Gasteiger charge is 2.21. The highest BCUT2D eigenvalue weighted by atomic mass is 35.5. The number of aromatic nitrogens is 2. The van der Waals surface area contributed by atoms with Crippen LogP contribution in [0, 0.1) is 13.8 Å². The molecular weight excluding hydrogens is 390 g/mol. The fraction of sp³-hybridized carbons (Fsp3) is 0.273. The molecule has 1 aliphatic rings. The predicted octanol–water partition coefficient (Wildman–Crippen LogP) is 4.62. The molecule has 3 aromatic rings. The summed E-state index contributed by atoms with van der Waals surface area (Å²) in [5.74, 6) is 0.996. The van der Waals surface area contributed by atoms with Gasteiger partial charge in [0.15, 0.2) is 11.5 Å². The van der Waals surface area contributed by atoms with E-state index in [1.165, 1.54) is 5.56 Å². The van der Waals surface area contributed by atoms with Gasteiger partial charge >= 0.3 is 0 Å². The van der Waals surface area contributed by atoms with Crippen molar-refractivity contribution < 1.29 is 14.3 Å². The minimum atomic E-state index is -0.308. The molecule has 0 radical (unpaired) electrons. The van der Waals surface area contributed by atoms with Gasteiger partial charge < -0.3 is 14.8 Å². The number of carbonyl (C=O) groups is 1. The standard InChI is InChI=1S/C22H22ClN3O3/c1-14-4-6-16(7-5-14)13-26-21(23)20(15(2)25-26)22(27)24-17-8-9-18-19(12-17)29-11-3-10-28-18/h4-9,12H,3,10-11,13H2,1-2H3,(H,24,27). The highest BCUT2D eigenvalue weighted by Crippen LogP contribution is 2.32. The zero-order chi connectivity index (χ0) is 20.4. The second-order valence-electron chi connectivity index (χ2n) is 7.06. The van der Waals surface area contributed by atoms with E-state index in [9.17, 15) is 4.79 Å². The fourth-order valence-electron chi connectivity index (χ4n) is 3.22. The van der Waals surface area contributed by atoms with E-state index >= 15 is 0 Å². The van der Waals surface area contributed by atoms with Crippen molar-refractivity contribution in [1.29, 1.82) is 0 Å². The van der Waals surface area contributed by atoms with E-state index in [-0.39, 0.29) is 5.91 Å². The zero-order valence-electron chi connectivity index (χ0n) is 16.4. The van der Waals surface area contributed by atoms with Gasteiger partial charge in [-0.15, -0.1) is 0 Å². The van der Waals surface area contributed by atoms with Gasteiger partial charge in [-0.2, -0.15) is 5.10 Å². The first-order valence-corrected chi connectivity index (χ1v) is 9.88. The predicted molar refractivity (Wildman–Crippen MR) is 112 cm³/mol. The molecule has 6 nitrogen and oxygen atoms in total. The molecule has 0 fully saturated rings. The second-order valence-corrected chi connectivity index (χ2v) is 7.42. The summed E-state index contributed by atoms with van der Waals surface area (Å²) >= 11 is 6.50. The van der Waals surface area contributed by atoms with Crippen molar-refractivity contribution in [2.45, 2.75) is 26.8 Å². The van der Waals surface area contributed by atoms with E-state index in [0.717, 1.165) is 12.0 Å². The van der Waals surface area contributed by atoms with E-state index in [4.69, 9.17) is 21.1 Å². The van der Waals surface area contributed by atoms with Gasteiger partial charge in [-0.3, -0.25) is 4.79 Å². The summed E-state index contributed by atoms with van der Waals surface area (Å²) in [5, 5.41) is 7.65. The number of fused-ring (bicyclic) bond motifs is 1. The number of benzene rings is 2. The number of hydrogen-bond donors (Lipinski definition) is 1. The van der Waals surface area contributed by atoms with Gasteiger partial charge in [0, 0.05) is 18.2 Å². The monoisotopic (exact) mass is 411 g/mol. The number of rotatable bonds is 4. The maximum Gasteiger partial charge on any atom is 0.260 e. The van der Waals surface area contributed by atoms with Crippen LogP contribution in [0.5, 0.6) is 11.5 Å². The van der Waals surface area contributed by atoms with Gasteiger partial charge in [-0.05, 0) is 31.5 Å². The largest absolute Gasteiger partial charge is 0.490 e. The van der Waals surface area contributed by atoms with Crippen molar-refractivity contribution in [3.63, 3.8) is 0 Å². The Kier molecular flexibility index (Phi) is 5.45. The van der Waals surface area contributed by atoms with Crippen LogP contribution in [0.1, 0.15) is 33.6 Å². The molecule has 2 heterocycles. The Labute approximate surface area is 174 Å². The highest BCUT2D eigenvalue weighted by molar-refractivity contribution is 6.33. The van der Waals surface area contributed by atoms with Crippen molar-refractivity contribution in [2.75, 3.05) is 18.5 Å². The van der Waals surface area contributed by atoms with Crippen LogP contribution in [0.25, 0.3) is 0 Å². The van der Waals surface area contributed by atoms with E-state index in [2.05, 4.69) is 10.4 Å². The van der Waals surface area contributed by atoms with Gasteiger partial charge in [0.1, 0.15) is 5.15 Å². The molecular formula is C22H22ClN3O3. The summed E-state index contributed by atoms with van der Waals surface area (Å²) in [4.78, 5) is 12.9. The van der Waals surface area contributed by atoms with Crippen LogP contribution in [-0.2, 0) is 6.54 Å². The summed E-state index contributed by atoms with van der Waals surface area (Å²) < 4.78 is 13.0. The molecule has 1 N–H and O–H groups in total. The molecule has 1 aromatic heterocycles. The number of aryl methyl sites for hydroxylation is 2. The lowest BCUT2D eigenvalue weighted by Gasteiger charge is -2.10. The minimum absolute atomic E-state index is 0.308. The SMILES string of the molecule is Cc1ccc(Cn2nc(C)c(C(=O)Nc3ccc4c(c3)OCCCO4)c2Cl)cc1. The number of anilines is 1. The van der Waals surface area contributed by atoms with E-state index in [1.807, 2.05) is 31.2 Å². The summed E-state index contributed by atoms with van der Waals surface area (Å²) in [6, 6.07) is 13.5. The summed E-state index contributed by atoms with van der Waals surface area (Å²) in [7, 11) is 0. The quantitative estimate of drug-likeness (QED) is 0.680. The Morgan fingerprint density at radius 2 is 1.83 bits per heavy atom. The number of nitrogens with one attached hydrogen (secondary N) is 1. The van der Waals surface area contributed by atoms with Crippen LogP contribution >= 0.6 is 11.6 Å². The number of carbonyl (C=O) groups excluding carboxylic acids is 1. The number of nitrogens with zero attached hydrogens (tertiary/aromatic N) is 2. The molecule has 4 rings (SSSR count). The Morgan fingerprint density at radius 1 is 1.10 bits per heavy atom. The van der Waals surface area contributed by atoms with Crippen molar-refractivity contribution in [2.24, 2.45) is 0 Å². The molecule has 0 aliphatic carbocycles. The lowest BCUT2D eigenvalue weighted by molar-refractivity contribution is 0.102. The molecule has 0 atom stereocenters. The van der Waals surface area contributed by atoms with Gasteiger partial charge in [0.05, 0.1) is 31.0 Å². The number of amides is 1. The maximum atomic E-state index is 12.9. The number of hydrogen-bond acceptors (Lipinski definition) is 4. The van der Waals surface area contributed by atoms with Crippen molar-refractivity contribution in [3.05, 3.63) is 70.0 Å². The summed E-state index contributed by atoms with van der Waals surface area (Å²) in [6.45, 7) is 5.52. The van der Waals surface area contributed by atoms with Crippen molar-refractivity contribution in [3.8, 4) is 11.5 Å². The lowest BCUT2D eigenvalue weighted by Crippen LogP contribution is -2.13. The summed E-state index contributed by atoms with van der Waals surface area (Å²) in [6.07, 6.45) is 0.825. The van der Waals surface area contributed by atoms with Gasteiger partial charge in [-0.25, -0.2) is 4.68 Å². The van der Waals surface area contributed by atoms with Crippen LogP contribution in [-0.4, -0.2) is 28.9 Å². The third kappa shape index (κ3) is 4.22. The molecule has 7 heteroatoms. The Morgan fingerprint density at radius 3 is 2.59 bits per heavy atom. The lowest BCUT2D eigenvalue weighted by atomic mass is 10.1. The van der Waals surface area contributed by atoms with Crippen LogP contribution in [0.3, 0.4) is 0 Å². The average Bonchev–Trinajstić information content (AvgIpc) is 2.85. The fourth-order valence-corrected chi connectivity index (χ4v) is 3.54. The zero-order valence-corrected chi connectivity index (χ0v) is 17.1. The number of ether oxygens (including phenoxy) is 2. The average molecular weight is 412 g/mol. The van der Waals surface area contributed by atoms with E-state index in [0.29, 0.717) is 53.4 Å². The normalized spacial score (nSPS) is 13.1. The third-order valence-electron chi connectivity index (χ3n) is 4.75.